The third kappa shape index (κ3) is 5.79. The van der Waals surface area contributed by atoms with Gasteiger partial charge in [0.15, 0.2) is 17.1 Å². The van der Waals surface area contributed by atoms with Gasteiger partial charge in [-0.15, -0.1) is 10.2 Å². The van der Waals surface area contributed by atoms with Crippen molar-refractivity contribution in [3.8, 4) is 17.2 Å². The summed E-state index contributed by atoms with van der Waals surface area (Å²) in [6.45, 7) is 1.83. The molecule has 1 amide bonds. The van der Waals surface area contributed by atoms with Crippen LogP contribution in [0.2, 0.25) is 10.0 Å². The summed E-state index contributed by atoms with van der Waals surface area (Å²) in [5.74, 6) is 2.09. The molecular weight excluding hydrogens is 475 g/mol. The van der Waals surface area contributed by atoms with E-state index in [4.69, 9.17) is 37.4 Å². The maximum Gasteiger partial charge on any atom is 0.234 e. The van der Waals surface area contributed by atoms with Crippen molar-refractivity contribution in [2.45, 2.75) is 18.2 Å². The summed E-state index contributed by atoms with van der Waals surface area (Å²) in [7, 11) is 4.90. The van der Waals surface area contributed by atoms with Crippen molar-refractivity contribution in [3.05, 3.63) is 52.3 Å². The Labute approximate surface area is 200 Å². The molecule has 0 aliphatic rings. The highest BCUT2D eigenvalue weighted by molar-refractivity contribution is 7.99. The van der Waals surface area contributed by atoms with Crippen LogP contribution in [0.25, 0.3) is 0 Å². The number of anilines is 1. The monoisotopic (exact) mass is 496 g/mol. The molecule has 3 aromatic rings. The maximum absolute atomic E-state index is 12.5. The number of carbonyl (C=O) groups is 1. The van der Waals surface area contributed by atoms with Crippen LogP contribution in [-0.2, 0) is 11.8 Å². The first-order valence-electron chi connectivity index (χ1n) is 9.48. The smallest absolute Gasteiger partial charge is 0.234 e. The molecule has 0 aliphatic heterocycles. The molecule has 0 bridgehead atoms. The molecule has 0 saturated heterocycles. The molecule has 0 fully saturated rings. The van der Waals surface area contributed by atoms with Gasteiger partial charge in [-0.1, -0.05) is 35.0 Å². The van der Waals surface area contributed by atoms with Crippen molar-refractivity contribution in [3.63, 3.8) is 0 Å². The van der Waals surface area contributed by atoms with Gasteiger partial charge in [-0.25, -0.2) is 0 Å². The standard InChI is InChI=1S/C21H22Cl2N4O4S/c1-12(31-18-9-13(22)5-7-15(18)23)20-25-26-21(27(20)2)32-11-19(28)24-16-10-14(29-3)6-8-17(16)30-4/h5-10,12H,11H2,1-4H3,(H,24,28). The van der Waals surface area contributed by atoms with Crippen molar-refractivity contribution in [2.24, 2.45) is 7.05 Å². The second kappa shape index (κ2) is 10.8. The summed E-state index contributed by atoms with van der Waals surface area (Å²) in [5.41, 5.74) is 0.525. The average Bonchev–Trinajstić information content (AvgIpc) is 3.15. The minimum Gasteiger partial charge on any atom is -0.497 e. The van der Waals surface area contributed by atoms with Gasteiger partial charge >= 0.3 is 0 Å². The van der Waals surface area contributed by atoms with Gasteiger partial charge in [-0.2, -0.15) is 0 Å². The van der Waals surface area contributed by atoms with Gasteiger partial charge in [0.05, 0.1) is 30.7 Å². The SMILES string of the molecule is COc1ccc(OC)c(NC(=O)CSc2nnc(C(C)Oc3cc(Cl)ccc3Cl)n2C)c1. The zero-order valence-corrected chi connectivity index (χ0v) is 20.2. The lowest BCUT2D eigenvalue weighted by molar-refractivity contribution is -0.113. The number of rotatable bonds is 9. The Morgan fingerprint density at radius 3 is 2.62 bits per heavy atom. The van der Waals surface area contributed by atoms with Crippen LogP contribution in [0.4, 0.5) is 5.69 Å². The molecule has 32 heavy (non-hydrogen) atoms. The zero-order chi connectivity index (χ0) is 23.3. The van der Waals surface area contributed by atoms with Gasteiger partial charge in [-0.3, -0.25) is 4.79 Å². The van der Waals surface area contributed by atoms with Gasteiger partial charge < -0.3 is 24.1 Å². The maximum atomic E-state index is 12.5. The molecule has 8 nitrogen and oxygen atoms in total. The van der Waals surface area contributed by atoms with Crippen molar-refractivity contribution in [2.75, 3.05) is 25.3 Å². The number of methoxy groups -OCH3 is 2. The molecule has 0 spiro atoms. The molecule has 0 aliphatic carbocycles. The van der Waals surface area contributed by atoms with Crippen LogP contribution in [-0.4, -0.2) is 40.6 Å². The molecule has 1 unspecified atom stereocenters. The number of amides is 1. The van der Waals surface area contributed by atoms with Gasteiger partial charge in [0.1, 0.15) is 17.2 Å². The van der Waals surface area contributed by atoms with Crippen LogP contribution in [0.5, 0.6) is 17.2 Å². The topological polar surface area (TPSA) is 87.5 Å². The Bertz CT molecular complexity index is 1110. The minimum atomic E-state index is -0.437. The number of ether oxygens (including phenoxy) is 3. The molecule has 2 aromatic carbocycles. The lowest BCUT2D eigenvalue weighted by Crippen LogP contribution is -2.15. The average molecular weight is 497 g/mol. The summed E-state index contributed by atoms with van der Waals surface area (Å²) in [4.78, 5) is 12.5. The van der Waals surface area contributed by atoms with E-state index >= 15 is 0 Å². The molecule has 1 N–H and O–H groups in total. The molecule has 0 saturated carbocycles. The Balaban J connectivity index is 1.63. The number of nitrogens with zero attached hydrogens (tertiary/aromatic N) is 3. The largest absolute Gasteiger partial charge is 0.497 e. The fourth-order valence-corrected chi connectivity index (χ4v) is 3.89. The summed E-state index contributed by atoms with van der Waals surface area (Å²) < 4.78 is 18.2. The van der Waals surface area contributed by atoms with Crippen molar-refractivity contribution < 1.29 is 19.0 Å². The highest BCUT2D eigenvalue weighted by Gasteiger charge is 2.19. The number of hydrogen-bond acceptors (Lipinski definition) is 7. The van der Waals surface area contributed by atoms with Gasteiger partial charge in [0.2, 0.25) is 5.91 Å². The van der Waals surface area contributed by atoms with Crippen LogP contribution in [0.1, 0.15) is 18.9 Å². The van der Waals surface area contributed by atoms with E-state index in [1.807, 2.05) is 6.92 Å². The third-order valence-electron chi connectivity index (χ3n) is 4.44. The van der Waals surface area contributed by atoms with Crippen molar-refractivity contribution in [1.29, 1.82) is 0 Å². The third-order valence-corrected chi connectivity index (χ3v) is 6.01. The summed E-state index contributed by atoms with van der Waals surface area (Å²) in [6, 6.07) is 10.2. The first-order chi connectivity index (χ1) is 15.3. The first-order valence-corrected chi connectivity index (χ1v) is 11.2. The Kier molecular flexibility index (Phi) is 8.11. The predicted octanol–water partition coefficient (Wildman–Crippen LogP) is 5.01. The van der Waals surface area contributed by atoms with Gasteiger partial charge in [0, 0.05) is 24.2 Å². The van der Waals surface area contributed by atoms with E-state index in [1.54, 1.807) is 55.1 Å². The second-order valence-corrected chi connectivity index (χ2v) is 8.42. The van der Waals surface area contributed by atoms with E-state index < -0.39 is 6.10 Å². The number of thioether (sulfide) groups is 1. The van der Waals surface area contributed by atoms with Crippen LogP contribution in [0.3, 0.4) is 0 Å². The predicted molar refractivity (Wildman–Crippen MR) is 125 cm³/mol. The lowest BCUT2D eigenvalue weighted by Gasteiger charge is -2.15. The fraction of sp³-hybridized carbons (Fsp3) is 0.286. The highest BCUT2D eigenvalue weighted by Crippen LogP contribution is 2.32. The van der Waals surface area contributed by atoms with Crippen molar-refractivity contribution in [1.82, 2.24) is 14.8 Å². The van der Waals surface area contributed by atoms with E-state index in [0.29, 0.717) is 44.0 Å². The van der Waals surface area contributed by atoms with E-state index in [-0.39, 0.29) is 11.7 Å². The number of benzene rings is 2. The fourth-order valence-electron chi connectivity index (χ4n) is 2.84. The first kappa shape index (κ1) is 24.0. The molecule has 1 heterocycles. The summed E-state index contributed by atoms with van der Waals surface area (Å²) in [6.07, 6.45) is -0.437. The number of hydrogen-bond donors (Lipinski definition) is 1. The van der Waals surface area contributed by atoms with E-state index in [2.05, 4.69) is 15.5 Å². The van der Waals surface area contributed by atoms with E-state index in [0.717, 1.165) is 0 Å². The molecule has 11 heteroatoms. The van der Waals surface area contributed by atoms with E-state index in [1.165, 1.54) is 18.9 Å². The lowest BCUT2D eigenvalue weighted by atomic mass is 10.2. The van der Waals surface area contributed by atoms with Gasteiger partial charge in [-0.05, 0) is 31.2 Å². The van der Waals surface area contributed by atoms with Crippen LogP contribution >= 0.6 is 35.0 Å². The Morgan fingerprint density at radius 1 is 1.12 bits per heavy atom. The highest BCUT2D eigenvalue weighted by atomic mass is 35.5. The quantitative estimate of drug-likeness (QED) is 0.416. The zero-order valence-electron chi connectivity index (χ0n) is 17.9. The molecule has 0 radical (unpaired) electrons. The van der Waals surface area contributed by atoms with Crippen LogP contribution in [0.15, 0.2) is 41.6 Å². The molecule has 3 rings (SSSR count). The molecule has 170 valence electrons. The second-order valence-electron chi connectivity index (χ2n) is 6.64. The van der Waals surface area contributed by atoms with Gasteiger partial charge in [0.25, 0.3) is 0 Å². The Morgan fingerprint density at radius 2 is 1.91 bits per heavy atom. The normalized spacial score (nSPS) is 11.7. The molecular formula is C21H22Cl2N4O4S. The molecule has 1 aromatic heterocycles. The number of nitrogens with one attached hydrogen (secondary N) is 1. The molecule has 1 atom stereocenters. The van der Waals surface area contributed by atoms with Crippen LogP contribution in [0, 0.1) is 0 Å². The summed E-state index contributed by atoms with van der Waals surface area (Å²) in [5, 5.41) is 12.7. The van der Waals surface area contributed by atoms with Crippen LogP contribution < -0.4 is 19.5 Å². The summed E-state index contributed by atoms with van der Waals surface area (Å²) >= 11 is 13.4. The minimum absolute atomic E-state index is 0.127. The Hall–Kier alpha value is -2.62. The van der Waals surface area contributed by atoms with Crippen molar-refractivity contribution >= 4 is 46.6 Å². The van der Waals surface area contributed by atoms with E-state index in [9.17, 15) is 4.79 Å². The number of halogens is 2. The number of aromatic nitrogens is 3. The number of carbonyl (C=O) groups excluding carboxylic acids is 1.